The van der Waals surface area contributed by atoms with Crippen molar-refractivity contribution >= 4 is 55.6 Å². The molecule has 7 aromatic rings. The predicted octanol–water partition coefficient (Wildman–Crippen LogP) is 8.73. The number of aromatic nitrogens is 1. The van der Waals surface area contributed by atoms with E-state index in [2.05, 4.69) is 147 Å². The van der Waals surface area contributed by atoms with Crippen LogP contribution in [-0.2, 0) is 5.41 Å². The molecule has 0 saturated carbocycles. The lowest BCUT2D eigenvalue weighted by Crippen LogP contribution is -2.42. The highest BCUT2D eigenvalue weighted by atomic mass is 14.9. The molecule has 0 spiro atoms. The molecule has 2 aromatic heterocycles. The van der Waals surface area contributed by atoms with E-state index in [9.17, 15) is 0 Å². The molecular weight excluding hydrogens is 494 g/mol. The van der Waals surface area contributed by atoms with Gasteiger partial charge in [0.2, 0.25) is 16.6 Å². The van der Waals surface area contributed by atoms with Crippen molar-refractivity contribution in [3.63, 3.8) is 0 Å². The van der Waals surface area contributed by atoms with Crippen molar-refractivity contribution in [2.75, 3.05) is 0 Å². The maximum absolute atomic E-state index is 2.65. The van der Waals surface area contributed by atoms with E-state index in [1.54, 1.807) is 0 Å². The molecule has 0 amide bonds. The van der Waals surface area contributed by atoms with Crippen molar-refractivity contribution < 1.29 is 4.40 Å². The van der Waals surface area contributed by atoms with E-state index in [0.717, 1.165) is 0 Å². The number of hydrogen-bond acceptors (Lipinski definition) is 0. The maximum Gasteiger partial charge on any atom is 0.227 e. The van der Waals surface area contributed by atoms with Gasteiger partial charge in [0.15, 0.2) is 0 Å². The molecule has 1 atom stereocenters. The van der Waals surface area contributed by atoms with Crippen LogP contribution < -0.4 is 9.75 Å². The Hall–Kier alpha value is -4.75. The van der Waals surface area contributed by atoms with E-state index >= 15 is 0 Å². The zero-order valence-corrected chi connectivity index (χ0v) is 23.6. The van der Waals surface area contributed by atoms with Crippen LogP contribution in [0.3, 0.4) is 0 Å². The zero-order chi connectivity index (χ0) is 27.5. The molecule has 1 heteroatoms. The molecule has 0 radical (unpaired) electrons. The van der Waals surface area contributed by atoms with Crippen LogP contribution in [0.4, 0.5) is 0 Å². The van der Waals surface area contributed by atoms with Crippen molar-refractivity contribution in [1.29, 1.82) is 0 Å². The van der Waals surface area contributed by atoms with E-state index in [4.69, 9.17) is 0 Å². The molecule has 5 aromatic carbocycles. The lowest BCUT2D eigenvalue weighted by molar-refractivity contribution is -0.526. The predicted molar refractivity (Wildman–Crippen MR) is 172 cm³/mol. The van der Waals surface area contributed by atoms with Gasteiger partial charge in [-0.2, -0.15) is 4.40 Å². The first-order chi connectivity index (χ1) is 20.0. The van der Waals surface area contributed by atoms with E-state index in [1.807, 2.05) is 0 Å². The van der Waals surface area contributed by atoms with Gasteiger partial charge in [0, 0.05) is 10.8 Å². The van der Waals surface area contributed by atoms with Gasteiger partial charge in [-0.1, -0.05) is 118 Å². The fourth-order valence-electron chi connectivity index (χ4n) is 7.58. The Balaban J connectivity index is 1.65. The average Bonchev–Trinajstić information content (AvgIpc) is 3.34. The molecule has 1 unspecified atom stereocenters. The summed E-state index contributed by atoms with van der Waals surface area (Å²) in [7, 11) is 0. The third-order valence-corrected chi connectivity index (χ3v) is 9.45. The number of rotatable bonds is 0. The number of pyridine rings is 2. The quantitative estimate of drug-likeness (QED) is 0.106. The van der Waals surface area contributed by atoms with Gasteiger partial charge in [0.05, 0.1) is 27.1 Å². The SMILES string of the molecule is CC(C)(C)c1cc2c3ccccc3c3[n+]4c(c5ccccc5c(c1)c24)=C1c2ccccc2C=Cc2ccccc2C13. The Labute approximate surface area is 239 Å². The van der Waals surface area contributed by atoms with Crippen LogP contribution >= 0.6 is 0 Å². The molecule has 1 aliphatic heterocycles. The van der Waals surface area contributed by atoms with Gasteiger partial charge in [-0.05, 0) is 57.5 Å². The Bertz CT molecular complexity index is 2330. The number of fused-ring (bicyclic) bond motifs is 12. The van der Waals surface area contributed by atoms with Crippen LogP contribution in [0.5, 0.6) is 0 Å². The van der Waals surface area contributed by atoms with Gasteiger partial charge in [-0.15, -0.1) is 0 Å². The molecule has 1 nitrogen and oxygen atoms in total. The topological polar surface area (TPSA) is 4.10 Å². The summed E-state index contributed by atoms with van der Waals surface area (Å²) in [6.07, 6.45) is 4.61. The van der Waals surface area contributed by atoms with Crippen LogP contribution in [0.2, 0.25) is 0 Å². The largest absolute Gasteiger partial charge is 0.227 e. The Kier molecular flexibility index (Phi) is 4.44. The summed E-state index contributed by atoms with van der Waals surface area (Å²) >= 11 is 0. The fraction of sp³-hybridized carbons (Fsp3) is 0.125. The first kappa shape index (κ1) is 23.0. The maximum atomic E-state index is 2.65. The summed E-state index contributed by atoms with van der Waals surface area (Å²) in [5.74, 6) is 0.114. The highest BCUT2D eigenvalue weighted by molar-refractivity contribution is 6.18. The molecule has 0 fully saturated rings. The minimum atomic E-state index is 0.0382. The van der Waals surface area contributed by atoms with E-state index in [1.165, 1.54) is 82.3 Å². The third kappa shape index (κ3) is 2.99. The van der Waals surface area contributed by atoms with Gasteiger partial charge < -0.3 is 0 Å². The summed E-state index contributed by atoms with van der Waals surface area (Å²) in [5, 5.41) is 9.35. The Morgan fingerprint density at radius 1 is 0.561 bits per heavy atom. The molecule has 194 valence electrons. The second-order valence-corrected chi connectivity index (χ2v) is 12.7. The second kappa shape index (κ2) is 7.92. The molecule has 0 saturated heterocycles. The van der Waals surface area contributed by atoms with Crippen molar-refractivity contribution in [2.24, 2.45) is 0 Å². The summed E-state index contributed by atoms with van der Waals surface area (Å²) in [6, 6.07) is 41.1. The highest BCUT2D eigenvalue weighted by Gasteiger charge is 2.43. The minimum absolute atomic E-state index is 0.0382. The normalized spacial score (nSPS) is 15.8. The molecule has 2 aliphatic rings. The van der Waals surface area contributed by atoms with Gasteiger partial charge in [-0.3, -0.25) is 0 Å². The molecule has 3 heterocycles. The standard InChI is InChI=1S/C40H30N/c1-40(2,3)26-22-33-29-16-8-10-18-31(29)38-35-27-14-6-4-12-24(27)20-21-25-13-5-7-15-28(25)36(35)39-32-19-11-9-17-30(32)34(23-26)37(33)41(38)39/h4-23,35H,1-3H3/q+1. The van der Waals surface area contributed by atoms with Gasteiger partial charge >= 0.3 is 0 Å². The molecule has 1 aliphatic carbocycles. The average molecular weight is 525 g/mol. The van der Waals surface area contributed by atoms with Crippen molar-refractivity contribution in [3.8, 4) is 0 Å². The Morgan fingerprint density at radius 2 is 1.12 bits per heavy atom. The zero-order valence-electron chi connectivity index (χ0n) is 23.6. The second-order valence-electron chi connectivity index (χ2n) is 12.7. The van der Waals surface area contributed by atoms with Crippen LogP contribution in [-0.4, -0.2) is 0 Å². The van der Waals surface area contributed by atoms with Crippen LogP contribution in [0.1, 0.15) is 60.2 Å². The first-order valence-corrected chi connectivity index (χ1v) is 14.7. The molecule has 0 bridgehead atoms. The van der Waals surface area contributed by atoms with Crippen molar-refractivity contribution in [2.45, 2.75) is 32.1 Å². The Morgan fingerprint density at radius 3 is 1.85 bits per heavy atom. The van der Waals surface area contributed by atoms with Crippen LogP contribution in [0, 0.1) is 0 Å². The number of nitrogens with zero attached hydrogens (tertiary/aromatic N) is 1. The molecular formula is C40H30N+. The molecule has 0 N–H and O–H groups in total. The van der Waals surface area contributed by atoms with Crippen LogP contribution in [0.25, 0.3) is 55.6 Å². The minimum Gasteiger partial charge on any atom is -0.154 e. The third-order valence-electron chi connectivity index (χ3n) is 9.45. The molecule has 9 rings (SSSR count). The van der Waals surface area contributed by atoms with E-state index in [-0.39, 0.29) is 11.3 Å². The van der Waals surface area contributed by atoms with Crippen molar-refractivity contribution in [3.05, 3.63) is 148 Å². The lowest BCUT2D eigenvalue weighted by Gasteiger charge is -2.21. The lowest BCUT2D eigenvalue weighted by atomic mass is 9.79. The van der Waals surface area contributed by atoms with E-state index in [0.29, 0.717) is 0 Å². The van der Waals surface area contributed by atoms with E-state index < -0.39 is 0 Å². The van der Waals surface area contributed by atoms with Crippen molar-refractivity contribution in [1.82, 2.24) is 0 Å². The monoisotopic (exact) mass is 524 g/mol. The number of benzene rings is 5. The van der Waals surface area contributed by atoms with Gasteiger partial charge in [0.1, 0.15) is 5.92 Å². The number of hydrogen-bond donors (Lipinski definition) is 0. The smallest absolute Gasteiger partial charge is 0.154 e. The summed E-state index contributed by atoms with van der Waals surface area (Å²) < 4.78 is 2.65. The summed E-state index contributed by atoms with van der Waals surface area (Å²) in [6.45, 7) is 6.98. The summed E-state index contributed by atoms with van der Waals surface area (Å²) in [4.78, 5) is 0. The highest BCUT2D eigenvalue weighted by Crippen LogP contribution is 2.46. The summed E-state index contributed by atoms with van der Waals surface area (Å²) in [5.41, 5.74) is 10.8. The fourth-order valence-corrected chi connectivity index (χ4v) is 7.58. The van der Waals surface area contributed by atoms with Crippen LogP contribution in [0.15, 0.2) is 109 Å². The van der Waals surface area contributed by atoms with Gasteiger partial charge in [-0.25, -0.2) is 0 Å². The first-order valence-electron chi connectivity index (χ1n) is 14.7. The van der Waals surface area contributed by atoms with Gasteiger partial charge in [0.25, 0.3) is 0 Å². The molecule has 41 heavy (non-hydrogen) atoms.